The molecule has 3 N–H and O–H groups in total. The number of hydrogen-bond acceptors (Lipinski definition) is 6. The lowest BCUT2D eigenvalue weighted by atomic mass is 10.1. The fraction of sp³-hybridized carbons (Fsp3) is 0.438. The van der Waals surface area contributed by atoms with Crippen molar-refractivity contribution >= 4 is 23.2 Å². The highest BCUT2D eigenvalue weighted by Gasteiger charge is 2.27. The van der Waals surface area contributed by atoms with E-state index >= 15 is 0 Å². The average Bonchev–Trinajstić information content (AvgIpc) is 3.24. The van der Waals surface area contributed by atoms with Crippen LogP contribution in [0.1, 0.15) is 44.8 Å². The van der Waals surface area contributed by atoms with E-state index in [9.17, 15) is 9.59 Å². The Balaban J connectivity index is 1.54. The maximum absolute atomic E-state index is 12.8. The molecule has 2 aromatic rings. The quantitative estimate of drug-likeness (QED) is 0.857. The van der Waals surface area contributed by atoms with Crippen LogP contribution in [-0.4, -0.2) is 33.9 Å². The number of carbonyl (C=O) groups is 1. The second-order valence-corrected chi connectivity index (χ2v) is 7.17. The third-order valence-corrected chi connectivity index (χ3v) is 5.63. The molecule has 2 aromatic heterocycles. The topological polar surface area (TPSA) is 101 Å². The van der Waals surface area contributed by atoms with E-state index in [2.05, 4.69) is 9.97 Å². The van der Waals surface area contributed by atoms with Crippen molar-refractivity contribution in [1.82, 2.24) is 14.9 Å². The Kier molecular flexibility index (Phi) is 3.85. The molecule has 4 heterocycles. The van der Waals surface area contributed by atoms with Gasteiger partial charge in [-0.3, -0.25) is 14.6 Å². The van der Waals surface area contributed by atoms with Gasteiger partial charge in [0.25, 0.3) is 11.5 Å². The van der Waals surface area contributed by atoms with Gasteiger partial charge in [-0.05, 0) is 31.4 Å². The summed E-state index contributed by atoms with van der Waals surface area (Å²) in [5.74, 6) is 0.0559. The van der Waals surface area contributed by atoms with Crippen molar-refractivity contribution in [1.29, 1.82) is 0 Å². The van der Waals surface area contributed by atoms with Crippen molar-refractivity contribution in [2.75, 3.05) is 18.9 Å². The van der Waals surface area contributed by atoms with E-state index < -0.39 is 0 Å². The average molecular weight is 346 g/mol. The molecule has 7 nitrogen and oxygen atoms in total. The van der Waals surface area contributed by atoms with Gasteiger partial charge in [0.15, 0.2) is 0 Å². The lowest BCUT2D eigenvalue weighted by Gasteiger charge is -2.27. The molecular weight excluding hydrogens is 328 g/mol. The first-order valence-electron chi connectivity index (χ1n) is 8.00. The highest BCUT2D eigenvalue weighted by Crippen LogP contribution is 2.34. The van der Waals surface area contributed by atoms with Crippen molar-refractivity contribution in [3.8, 4) is 0 Å². The zero-order valence-electron chi connectivity index (χ0n) is 13.1. The molecule has 0 spiro atoms. The maximum Gasteiger partial charge on any atom is 0.264 e. The zero-order chi connectivity index (χ0) is 16.7. The third-order valence-electron chi connectivity index (χ3n) is 4.46. The smallest absolute Gasteiger partial charge is 0.264 e. The van der Waals surface area contributed by atoms with Gasteiger partial charge in [0.05, 0.1) is 23.2 Å². The van der Waals surface area contributed by atoms with Gasteiger partial charge in [0.2, 0.25) is 5.95 Å². The predicted octanol–water partition coefficient (Wildman–Crippen LogP) is 1.46. The summed E-state index contributed by atoms with van der Waals surface area (Å²) in [6.07, 6.45) is 2.69. The van der Waals surface area contributed by atoms with Crippen LogP contribution in [0.25, 0.3) is 0 Å². The first-order valence-corrected chi connectivity index (χ1v) is 8.81. The van der Waals surface area contributed by atoms with E-state index in [-0.39, 0.29) is 23.5 Å². The Hall–Kier alpha value is -2.19. The summed E-state index contributed by atoms with van der Waals surface area (Å²) < 4.78 is 5.67. The molecule has 1 fully saturated rings. The number of ether oxygens (including phenoxy) is 1. The molecule has 2 aliphatic rings. The van der Waals surface area contributed by atoms with Crippen LogP contribution in [0.2, 0.25) is 0 Å². The van der Waals surface area contributed by atoms with Crippen LogP contribution in [0.3, 0.4) is 0 Å². The van der Waals surface area contributed by atoms with Gasteiger partial charge in [0.1, 0.15) is 0 Å². The van der Waals surface area contributed by atoms with Crippen LogP contribution in [-0.2, 0) is 17.7 Å². The van der Waals surface area contributed by atoms with E-state index in [0.717, 1.165) is 24.3 Å². The van der Waals surface area contributed by atoms with Crippen LogP contribution in [0.5, 0.6) is 0 Å². The number of rotatable bonds is 2. The predicted molar refractivity (Wildman–Crippen MR) is 90.0 cm³/mol. The summed E-state index contributed by atoms with van der Waals surface area (Å²) in [7, 11) is 0. The SMILES string of the molecule is Nc1nc2c(c(=O)[nH]1)CCN(C(=O)c1ccc(C3CCCO3)s1)C2. The van der Waals surface area contributed by atoms with Crippen LogP contribution in [0.15, 0.2) is 16.9 Å². The number of aromatic nitrogens is 2. The Morgan fingerprint density at radius 2 is 2.33 bits per heavy atom. The Morgan fingerprint density at radius 1 is 1.46 bits per heavy atom. The molecular formula is C16H18N4O3S. The fourth-order valence-corrected chi connectivity index (χ4v) is 4.29. The fourth-order valence-electron chi connectivity index (χ4n) is 3.23. The first kappa shape index (κ1) is 15.3. The Bertz CT molecular complexity index is 838. The molecule has 0 radical (unpaired) electrons. The van der Waals surface area contributed by atoms with Crippen LogP contribution >= 0.6 is 11.3 Å². The normalized spacial score (nSPS) is 20.2. The zero-order valence-corrected chi connectivity index (χ0v) is 13.9. The third kappa shape index (κ3) is 2.71. The second kappa shape index (κ2) is 6.03. The van der Waals surface area contributed by atoms with Crippen molar-refractivity contribution in [3.63, 3.8) is 0 Å². The highest BCUT2D eigenvalue weighted by molar-refractivity contribution is 7.14. The second-order valence-electron chi connectivity index (χ2n) is 6.06. The maximum atomic E-state index is 12.8. The number of anilines is 1. The summed E-state index contributed by atoms with van der Waals surface area (Å²) >= 11 is 1.49. The number of thiophene rings is 1. The van der Waals surface area contributed by atoms with Crippen molar-refractivity contribution < 1.29 is 9.53 Å². The number of nitrogen functional groups attached to an aromatic ring is 1. The molecule has 24 heavy (non-hydrogen) atoms. The van der Waals surface area contributed by atoms with Crippen molar-refractivity contribution in [2.24, 2.45) is 0 Å². The number of amides is 1. The summed E-state index contributed by atoms with van der Waals surface area (Å²) in [5.41, 5.74) is 6.61. The van der Waals surface area contributed by atoms with Gasteiger partial charge in [-0.1, -0.05) is 0 Å². The summed E-state index contributed by atoms with van der Waals surface area (Å²) in [4.78, 5) is 34.9. The monoisotopic (exact) mass is 346 g/mol. The van der Waals surface area contributed by atoms with E-state index in [0.29, 0.717) is 35.6 Å². The molecule has 1 atom stereocenters. The number of nitrogens with zero attached hydrogens (tertiary/aromatic N) is 2. The molecule has 126 valence electrons. The molecule has 1 saturated heterocycles. The number of aromatic amines is 1. The van der Waals surface area contributed by atoms with Gasteiger partial charge in [0, 0.05) is 23.6 Å². The van der Waals surface area contributed by atoms with Crippen molar-refractivity contribution in [2.45, 2.75) is 31.9 Å². The van der Waals surface area contributed by atoms with E-state index in [1.807, 2.05) is 12.1 Å². The van der Waals surface area contributed by atoms with E-state index in [1.54, 1.807) is 4.90 Å². The molecule has 0 bridgehead atoms. The van der Waals surface area contributed by atoms with Crippen LogP contribution in [0, 0.1) is 0 Å². The number of nitrogens with two attached hydrogens (primary N) is 1. The van der Waals surface area contributed by atoms with Gasteiger partial charge >= 0.3 is 0 Å². The van der Waals surface area contributed by atoms with E-state index in [1.165, 1.54) is 11.3 Å². The minimum Gasteiger partial charge on any atom is -0.373 e. The number of hydrogen-bond donors (Lipinski definition) is 2. The molecule has 0 saturated carbocycles. The minimum atomic E-state index is -0.207. The van der Waals surface area contributed by atoms with Crippen LogP contribution in [0.4, 0.5) is 5.95 Å². The number of carbonyl (C=O) groups excluding carboxylic acids is 1. The molecule has 2 aliphatic heterocycles. The number of nitrogens with one attached hydrogen (secondary N) is 1. The molecule has 0 aliphatic carbocycles. The Labute approximate surface area is 142 Å². The molecule has 1 unspecified atom stereocenters. The lowest BCUT2D eigenvalue weighted by Crippen LogP contribution is -2.39. The minimum absolute atomic E-state index is 0.0319. The molecule has 0 aromatic carbocycles. The van der Waals surface area contributed by atoms with Gasteiger partial charge in [-0.25, -0.2) is 4.98 Å². The molecule has 1 amide bonds. The Morgan fingerprint density at radius 3 is 3.12 bits per heavy atom. The summed E-state index contributed by atoms with van der Waals surface area (Å²) in [6.45, 7) is 1.61. The lowest BCUT2D eigenvalue weighted by molar-refractivity contribution is 0.0736. The summed E-state index contributed by atoms with van der Waals surface area (Å²) in [6, 6.07) is 3.84. The highest BCUT2D eigenvalue weighted by atomic mass is 32.1. The molecule has 4 rings (SSSR count). The largest absolute Gasteiger partial charge is 0.373 e. The van der Waals surface area contributed by atoms with E-state index in [4.69, 9.17) is 10.5 Å². The van der Waals surface area contributed by atoms with Gasteiger partial charge in [-0.15, -0.1) is 11.3 Å². The van der Waals surface area contributed by atoms with Gasteiger partial charge in [-0.2, -0.15) is 0 Å². The van der Waals surface area contributed by atoms with Crippen LogP contribution < -0.4 is 11.3 Å². The standard InChI is InChI=1S/C16H18N4O3S/c17-16-18-10-8-20(6-5-9(10)14(21)19-16)15(22)13-4-3-12(24-13)11-2-1-7-23-11/h3-4,11H,1-2,5-8H2,(H3,17,18,19,21). The number of H-pyrrole nitrogens is 1. The summed E-state index contributed by atoms with van der Waals surface area (Å²) in [5, 5.41) is 0. The molecule has 8 heteroatoms. The first-order chi connectivity index (χ1) is 11.6. The van der Waals surface area contributed by atoms with Crippen molar-refractivity contribution in [3.05, 3.63) is 43.5 Å². The number of fused-ring (bicyclic) bond motifs is 1. The van der Waals surface area contributed by atoms with Gasteiger partial charge < -0.3 is 15.4 Å².